The van der Waals surface area contributed by atoms with E-state index < -0.39 is 16.0 Å². The first-order valence-corrected chi connectivity index (χ1v) is 11.5. The number of benzene rings is 3. The first-order valence-electron chi connectivity index (χ1n) is 10.1. The summed E-state index contributed by atoms with van der Waals surface area (Å²) in [5.41, 5.74) is 1.39. The quantitative estimate of drug-likeness (QED) is 0.230. The van der Waals surface area contributed by atoms with Gasteiger partial charge in [-0.25, -0.2) is 12.7 Å². The van der Waals surface area contributed by atoms with E-state index in [0.717, 1.165) is 9.87 Å². The first-order chi connectivity index (χ1) is 16.0. The molecule has 6 nitrogen and oxygen atoms in total. The van der Waals surface area contributed by atoms with Crippen LogP contribution in [0.3, 0.4) is 0 Å². The normalized spacial score (nSPS) is 10.5. The van der Waals surface area contributed by atoms with E-state index in [9.17, 15) is 18.3 Å². The molecule has 1 aromatic heterocycles. The molecular formula is C26H19LiN2O4S. The molecule has 4 rings (SSSR count). The number of aromatic nitrogens is 1. The summed E-state index contributed by atoms with van der Waals surface area (Å²) in [5.74, 6) is 1.53. The van der Waals surface area contributed by atoms with Gasteiger partial charge in [-0.15, -0.1) is 0 Å². The Kier molecular flexibility index (Phi) is 8.04. The Morgan fingerprint density at radius 3 is 2.09 bits per heavy atom. The number of carboxylic acids is 1. The smallest absolute Gasteiger partial charge is 0.545 e. The second-order valence-electron chi connectivity index (χ2n) is 7.13. The van der Waals surface area contributed by atoms with Crippen LogP contribution in [-0.4, -0.2) is 23.3 Å². The van der Waals surface area contributed by atoms with Gasteiger partial charge in [0, 0.05) is 24.0 Å². The third-order valence-corrected chi connectivity index (χ3v) is 6.60. The standard InChI is InChI=1S/C26H20N2O4S.Li/c29-26(30)24-15-9-12-22(25(24)27-17-7-8-18-27)16-19-28(20-21-10-3-1-4-11-21)33(31,32)23-13-5-2-6-14-23;/h1-15,17-18H,20H2,(H,29,30);/q;+1/p-1. The van der Waals surface area contributed by atoms with Gasteiger partial charge in [0.1, 0.15) is 0 Å². The van der Waals surface area contributed by atoms with Crippen molar-refractivity contribution in [3.05, 3.63) is 120 Å². The molecule has 0 bridgehead atoms. The number of sulfonamides is 1. The molecule has 0 saturated heterocycles. The SMILES string of the molecule is O=C([O-])c1cccc(C#CN(Cc2ccccc2)S(=O)(=O)c2ccccc2)c1-n1cccc1.[Li+]. The molecule has 4 aromatic rings. The van der Waals surface area contributed by atoms with Crippen LogP contribution >= 0.6 is 0 Å². The number of carbonyl (C=O) groups is 1. The number of hydrogen-bond donors (Lipinski definition) is 0. The molecule has 0 fully saturated rings. The molecule has 0 aliphatic heterocycles. The van der Waals surface area contributed by atoms with Crippen LogP contribution in [-0.2, 0) is 16.6 Å². The molecule has 0 unspecified atom stereocenters. The molecule has 0 spiro atoms. The largest absolute Gasteiger partial charge is 1.00 e. The third-order valence-electron chi connectivity index (χ3n) is 4.93. The molecule has 0 aliphatic carbocycles. The van der Waals surface area contributed by atoms with Gasteiger partial charge in [0.15, 0.2) is 0 Å². The monoisotopic (exact) mass is 462 g/mol. The minimum Gasteiger partial charge on any atom is -0.545 e. The molecule has 0 radical (unpaired) electrons. The Bertz CT molecular complexity index is 1430. The van der Waals surface area contributed by atoms with Crippen LogP contribution in [0.5, 0.6) is 0 Å². The second kappa shape index (κ2) is 11.0. The van der Waals surface area contributed by atoms with E-state index in [2.05, 4.69) is 12.0 Å². The van der Waals surface area contributed by atoms with Gasteiger partial charge in [-0.05, 0) is 41.8 Å². The van der Waals surface area contributed by atoms with Crippen LogP contribution in [0.15, 0.2) is 108 Å². The Labute approximate surface area is 210 Å². The Hall–Kier alpha value is -3.68. The predicted molar refractivity (Wildman–Crippen MR) is 123 cm³/mol. The summed E-state index contributed by atoms with van der Waals surface area (Å²) in [6, 6.07) is 28.1. The average Bonchev–Trinajstić information content (AvgIpc) is 3.37. The van der Waals surface area contributed by atoms with Crippen LogP contribution in [0.1, 0.15) is 21.5 Å². The van der Waals surface area contributed by atoms with Crippen LogP contribution in [0.4, 0.5) is 0 Å². The molecular weight excluding hydrogens is 443 g/mol. The summed E-state index contributed by atoms with van der Waals surface area (Å²) in [6.07, 6.45) is 3.38. The van der Waals surface area contributed by atoms with E-state index in [1.165, 1.54) is 18.2 Å². The average molecular weight is 462 g/mol. The molecule has 0 N–H and O–H groups in total. The first kappa shape index (κ1) is 24.9. The van der Waals surface area contributed by atoms with E-state index in [1.807, 2.05) is 30.3 Å². The maximum absolute atomic E-state index is 13.4. The van der Waals surface area contributed by atoms with Crippen molar-refractivity contribution in [1.82, 2.24) is 8.87 Å². The molecule has 0 amide bonds. The van der Waals surface area contributed by atoms with Crippen molar-refractivity contribution in [2.75, 3.05) is 0 Å². The van der Waals surface area contributed by atoms with Crippen molar-refractivity contribution >= 4 is 16.0 Å². The number of para-hydroxylation sites is 1. The van der Waals surface area contributed by atoms with Crippen molar-refractivity contribution in [2.24, 2.45) is 0 Å². The number of carbonyl (C=O) groups excluding carboxylic acids is 1. The fraction of sp³-hybridized carbons (Fsp3) is 0.0385. The van der Waals surface area contributed by atoms with E-state index in [1.54, 1.807) is 59.4 Å². The fourth-order valence-corrected chi connectivity index (χ4v) is 4.59. The number of rotatable bonds is 6. The number of hydrogen-bond acceptors (Lipinski definition) is 4. The summed E-state index contributed by atoms with van der Waals surface area (Å²) < 4.78 is 29.4. The molecule has 3 aromatic carbocycles. The minimum absolute atomic E-state index is 0. The van der Waals surface area contributed by atoms with Crippen LogP contribution < -0.4 is 24.0 Å². The summed E-state index contributed by atoms with van der Waals surface area (Å²) in [6.45, 7) is 0.0318. The topological polar surface area (TPSA) is 82.4 Å². The van der Waals surface area contributed by atoms with Crippen molar-refractivity contribution in [2.45, 2.75) is 11.4 Å². The Balaban J connectivity index is 0.00000324. The molecule has 0 atom stereocenters. The van der Waals surface area contributed by atoms with Gasteiger partial charge in [-0.1, -0.05) is 60.7 Å². The van der Waals surface area contributed by atoms with E-state index >= 15 is 0 Å². The summed E-state index contributed by atoms with van der Waals surface area (Å²) in [4.78, 5) is 11.8. The van der Waals surface area contributed by atoms with Crippen molar-refractivity contribution in [3.63, 3.8) is 0 Å². The van der Waals surface area contributed by atoms with Crippen molar-refractivity contribution in [1.29, 1.82) is 0 Å². The minimum atomic E-state index is -3.94. The number of nitrogens with zero attached hydrogens (tertiary/aromatic N) is 2. The molecule has 0 saturated carbocycles. The van der Waals surface area contributed by atoms with Crippen LogP contribution in [0.25, 0.3) is 5.69 Å². The van der Waals surface area contributed by atoms with Gasteiger partial charge in [0.05, 0.1) is 28.7 Å². The Morgan fingerprint density at radius 2 is 1.47 bits per heavy atom. The van der Waals surface area contributed by atoms with Gasteiger partial charge in [0.2, 0.25) is 0 Å². The van der Waals surface area contributed by atoms with E-state index in [4.69, 9.17) is 0 Å². The molecule has 8 heteroatoms. The number of carboxylic acid groups (broad SMARTS) is 1. The van der Waals surface area contributed by atoms with Crippen molar-refractivity contribution < 1.29 is 37.2 Å². The van der Waals surface area contributed by atoms with Gasteiger partial charge >= 0.3 is 18.9 Å². The zero-order valence-electron chi connectivity index (χ0n) is 18.5. The zero-order valence-corrected chi connectivity index (χ0v) is 19.3. The Morgan fingerprint density at radius 1 is 0.853 bits per heavy atom. The van der Waals surface area contributed by atoms with Gasteiger partial charge in [-0.2, -0.15) is 0 Å². The maximum Gasteiger partial charge on any atom is 1.00 e. The molecule has 164 valence electrons. The van der Waals surface area contributed by atoms with Crippen LogP contribution in [0.2, 0.25) is 0 Å². The van der Waals surface area contributed by atoms with Crippen molar-refractivity contribution in [3.8, 4) is 17.7 Å². The molecule has 0 aliphatic rings. The maximum atomic E-state index is 13.4. The summed E-state index contributed by atoms with van der Waals surface area (Å²) in [7, 11) is -3.94. The molecule has 1 heterocycles. The predicted octanol–water partition coefficient (Wildman–Crippen LogP) is 0.0449. The fourth-order valence-electron chi connectivity index (χ4n) is 3.35. The van der Waals surface area contributed by atoms with Crippen LogP contribution in [0, 0.1) is 12.0 Å². The third kappa shape index (κ3) is 5.44. The van der Waals surface area contributed by atoms with E-state index in [-0.39, 0.29) is 35.9 Å². The van der Waals surface area contributed by atoms with Gasteiger partial charge in [0.25, 0.3) is 10.0 Å². The van der Waals surface area contributed by atoms with E-state index in [0.29, 0.717) is 11.3 Å². The summed E-state index contributed by atoms with van der Waals surface area (Å²) in [5, 5.41) is 11.7. The zero-order chi connectivity index (χ0) is 23.3. The second-order valence-corrected chi connectivity index (χ2v) is 8.99. The van der Waals surface area contributed by atoms with Gasteiger partial charge in [-0.3, -0.25) is 0 Å². The molecule has 34 heavy (non-hydrogen) atoms. The summed E-state index contributed by atoms with van der Waals surface area (Å²) >= 11 is 0. The van der Waals surface area contributed by atoms with Gasteiger partial charge < -0.3 is 14.5 Å². The number of aromatic carboxylic acids is 1.